The molecule has 1 aromatic rings. The number of nitro benzene ring substituents is 1. The van der Waals surface area contributed by atoms with E-state index in [2.05, 4.69) is 10.6 Å². The summed E-state index contributed by atoms with van der Waals surface area (Å²) in [4.78, 5) is 22.4. The lowest BCUT2D eigenvalue weighted by molar-refractivity contribution is -0.384. The van der Waals surface area contributed by atoms with E-state index in [1.807, 2.05) is 0 Å². The van der Waals surface area contributed by atoms with Crippen LogP contribution in [0.15, 0.2) is 18.2 Å². The predicted octanol–water partition coefficient (Wildman–Crippen LogP) is 1.49. The molecule has 114 valence electrons. The highest BCUT2D eigenvalue weighted by Crippen LogP contribution is 2.32. The number of hydrogen-bond donors (Lipinski definition) is 3. The van der Waals surface area contributed by atoms with Crippen LogP contribution in [0.1, 0.15) is 30.1 Å². The molecule has 1 saturated carbocycles. The Kier molecular flexibility index (Phi) is 4.74. The lowest BCUT2D eigenvalue weighted by Gasteiger charge is -2.13. The fourth-order valence-electron chi connectivity index (χ4n) is 2.15. The van der Waals surface area contributed by atoms with Gasteiger partial charge in [0.2, 0.25) is 0 Å². The molecule has 1 aliphatic rings. The molecule has 0 radical (unpaired) electrons. The lowest BCUT2D eigenvalue weighted by atomic mass is 10.1. The molecular weight excluding hydrogens is 272 g/mol. The van der Waals surface area contributed by atoms with E-state index in [-0.39, 0.29) is 23.2 Å². The van der Waals surface area contributed by atoms with Gasteiger partial charge < -0.3 is 16.4 Å². The van der Waals surface area contributed by atoms with Crippen molar-refractivity contribution < 1.29 is 9.72 Å². The van der Waals surface area contributed by atoms with Gasteiger partial charge in [-0.25, -0.2) is 0 Å². The number of amides is 1. The van der Waals surface area contributed by atoms with Crippen LogP contribution in [0.3, 0.4) is 0 Å². The Labute approximate surface area is 123 Å². The van der Waals surface area contributed by atoms with Crippen LogP contribution in [0.4, 0.5) is 11.4 Å². The summed E-state index contributed by atoms with van der Waals surface area (Å²) in [5, 5.41) is 16.8. The summed E-state index contributed by atoms with van der Waals surface area (Å²) in [5.74, 6) is 0.202. The highest BCUT2D eigenvalue weighted by molar-refractivity contribution is 5.95. The molecule has 1 amide bonds. The molecule has 1 unspecified atom stereocenters. The third kappa shape index (κ3) is 3.91. The zero-order valence-corrected chi connectivity index (χ0v) is 12.0. The Bertz CT molecular complexity index is 543. The monoisotopic (exact) mass is 292 g/mol. The minimum absolute atomic E-state index is 0.00710. The van der Waals surface area contributed by atoms with Crippen LogP contribution >= 0.6 is 0 Å². The number of nitrogens with zero attached hydrogens (tertiary/aromatic N) is 1. The van der Waals surface area contributed by atoms with Gasteiger partial charge in [-0.15, -0.1) is 0 Å². The molecule has 21 heavy (non-hydrogen) atoms. The summed E-state index contributed by atoms with van der Waals surface area (Å²) in [5.41, 5.74) is 6.54. The van der Waals surface area contributed by atoms with Crippen molar-refractivity contribution in [2.45, 2.75) is 25.8 Å². The fraction of sp³-hybridized carbons (Fsp3) is 0.500. The molecule has 7 nitrogen and oxygen atoms in total. The topological polar surface area (TPSA) is 110 Å². The molecule has 4 N–H and O–H groups in total. The molecule has 0 bridgehead atoms. The van der Waals surface area contributed by atoms with E-state index in [4.69, 9.17) is 5.73 Å². The second-order valence-corrected chi connectivity index (χ2v) is 5.23. The van der Waals surface area contributed by atoms with E-state index in [1.54, 1.807) is 19.1 Å². The maximum atomic E-state index is 11.7. The van der Waals surface area contributed by atoms with Crippen LogP contribution in [0.25, 0.3) is 0 Å². The smallest absolute Gasteiger partial charge is 0.293 e. The van der Waals surface area contributed by atoms with Crippen LogP contribution in [0.5, 0.6) is 0 Å². The summed E-state index contributed by atoms with van der Waals surface area (Å²) in [6.45, 7) is 2.76. The van der Waals surface area contributed by atoms with Gasteiger partial charge in [0.1, 0.15) is 5.69 Å². The van der Waals surface area contributed by atoms with E-state index >= 15 is 0 Å². The van der Waals surface area contributed by atoms with Crippen molar-refractivity contribution in [2.24, 2.45) is 11.7 Å². The molecule has 0 saturated heterocycles. The van der Waals surface area contributed by atoms with Gasteiger partial charge in [-0.3, -0.25) is 14.9 Å². The molecule has 2 rings (SSSR count). The van der Waals surface area contributed by atoms with Crippen LogP contribution in [-0.4, -0.2) is 30.0 Å². The molecule has 0 aliphatic heterocycles. The standard InChI is InChI=1S/C14H20N4O3/c1-2-16-14(19)10-5-6-12(13(7-10)18(20)21)17-8-11(15)9-3-4-9/h5-7,9,11,17H,2-4,8,15H2,1H3,(H,16,19). The number of anilines is 1. The van der Waals surface area contributed by atoms with E-state index in [0.717, 1.165) is 12.8 Å². The number of rotatable bonds is 7. The Morgan fingerprint density at radius 2 is 2.24 bits per heavy atom. The maximum Gasteiger partial charge on any atom is 0.293 e. The number of carbonyl (C=O) groups is 1. The summed E-state index contributed by atoms with van der Waals surface area (Å²) in [7, 11) is 0. The number of nitro groups is 1. The molecule has 1 aliphatic carbocycles. The highest BCUT2D eigenvalue weighted by Gasteiger charge is 2.28. The molecule has 1 fully saturated rings. The summed E-state index contributed by atoms with van der Waals surface area (Å²) < 4.78 is 0. The van der Waals surface area contributed by atoms with Crippen molar-refractivity contribution in [3.63, 3.8) is 0 Å². The van der Waals surface area contributed by atoms with Crippen molar-refractivity contribution in [3.8, 4) is 0 Å². The van der Waals surface area contributed by atoms with E-state index in [0.29, 0.717) is 24.7 Å². The largest absolute Gasteiger partial charge is 0.378 e. The van der Waals surface area contributed by atoms with E-state index in [1.165, 1.54) is 6.07 Å². The fourth-order valence-corrected chi connectivity index (χ4v) is 2.15. The van der Waals surface area contributed by atoms with Gasteiger partial charge in [-0.2, -0.15) is 0 Å². The first-order chi connectivity index (χ1) is 10.0. The maximum absolute atomic E-state index is 11.7. The third-order valence-corrected chi connectivity index (χ3v) is 3.55. The molecule has 0 spiro atoms. The lowest BCUT2D eigenvalue weighted by Crippen LogP contribution is -2.31. The second kappa shape index (κ2) is 6.53. The van der Waals surface area contributed by atoms with Crippen LogP contribution in [0.2, 0.25) is 0 Å². The average Bonchev–Trinajstić information content (AvgIpc) is 3.29. The normalized spacial score (nSPS) is 15.3. The van der Waals surface area contributed by atoms with Gasteiger partial charge in [-0.1, -0.05) is 0 Å². The SMILES string of the molecule is CCNC(=O)c1ccc(NCC(N)C2CC2)c([N+](=O)[O-])c1. The minimum atomic E-state index is -0.492. The molecular formula is C14H20N4O3. The molecule has 1 aromatic carbocycles. The number of benzene rings is 1. The van der Waals surface area contributed by atoms with Crippen molar-refractivity contribution in [1.82, 2.24) is 5.32 Å². The van der Waals surface area contributed by atoms with Crippen molar-refractivity contribution in [3.05, 3.63) is 33.9 Å². The van der Waals surface area contributed by atoms with Crippen molar-refractivity contribution in [2.75, 3.05) is 18.4 Å². The third-order valence-electron chi connectivity index (χ3n) is 3.55. The van der Waals surface area contributed by atoms with E-state index in [9.17, 15) is 14.9 Å². The van der Waals surface area contributed by atoms with Gasteiger partial charge in [0.25, 0.3) is 11.6 Å². The number of carbonyl (C=O) groups excluding carboxylic acids is 1. The minimum Gasteiger partial charge on any atom is -0.378 e. The molecule has 0 heterocycles. The quantitative estimate of drug-likeness (QED) is 0.521. The zero-order chi connectivity index (χ0) is 15.4. The summed E-state index contributed by atoms with van der Waals surface area (Å²) >= 11 is 0. The summed E-state index contributed by atoms with van der Waals surface area (Å²) in [6, 6.07) is 4.43. The average molecular weight is 292 g/mol. The van der Waals surface area contributed by atoms with E-state index < -0.39 is 4.92 Å². The van der Waals surface area contributed by atoms with Gasteiger partial charge in [0, 0.05) is 30.8 Å². The predicted molar refractivity (Wildman–Crippen MR) is 80.3 cm³/mol. The zero-order valence-electron chi connectivity index (χ0n) is 12.0. The first kappa shape index (κ1) is 15.2. The highest BCUT2D eigenvalue weighted by atomic mass is 16.6. The summed E-state index contributed by atoms with van der Waals surface area (Å²) in [6.07, 6.45) is 2.25. The molecule has 7 heteroatoms. The first-order valence-corrected chi connectivity index (χ1v) is 7.09. The van der Waals surface area contributed by atoms with Crippen LogP contribution < -0.4 is 16.4 Å². The van der Waals surface area contributed by atoms with Gasteiger partial charge in [-0.05, 0) is 37.8 Å². The number of hydrogen-bond acceptors (Lipinski definition) is 5. The Morgan fingerprint density at radius 3 is 2.81 bits per heavy atom. The van der Waals surface area contributed by atoms with Crippen molar-refractivity contribution >= 4 is 17.3 Å². The van der Waals surface area contributed by atoms with Gasteiger partial charge >= 0.3 is 0 Å². The Morgan fingerprint density at radius 1 is 1.52 bits per heavy atom. The number of nitrogens with two attached hydrogens (primary N) is 1. The van der Waals surface area contributed by atoms with Crippen molar-refractivity contribution in [1.29, 1.82) is 0 Å². The molecule has 0 aromatic heterocycles. The second-order valence-electron chi connectivity index (χ2n) is 5.23. The van der Waals surface area contributed by atoms with Crippen LogP contribution in [0, 0.1) is 16.0 Å². The first-order valence-electron chi connectivity index (χ1n) is 7.09. The Balaban J connectivity index is 2.12. The molecule has 1 atom stereocenters. The van der Waals surface area contributed by atoms with Gasteiger partial charge in [0.15, 0.2) is 0 Å². The van der Waals surface area contributed by atoms with Crippen LogP contribution in [-0.2, 0) is 0 Å². The Hall–Kier alpha value is -2.15. The van der Waals surface area contributed by atoms with Gasteiger partial charge in [0.05, 0.1) is 4.92 Å². The number of nitrogens with one attached hydrogen (secondary N) is 2.